The molecule has 0 fully saturated rings. The maximum absolute atomic E-state index is 13.2. The van der Waals surface area contributed by atoms with E-state index in [2.05, 4.69) is 10.1 Å². The van der Waals surface area contributed by atoms with Crippen LogP contribution < -0.4 is 16.8 Å². The van der Waals surface area contributed by atoms with Crippen LogP contribution in [0, 0.1) is 11.6 Å². The highest BCUT2D eigenvalue weighted by molar-refractivity contribution is 6.09. The van der Waals surface area contributed by atoms with Crippen LogP contribution in [0.1, 0.15) is 31.1 Å². The third-order valence-electron chi connectivity index (χ3n) is 4.22. The number of carbonyl (C=O) groups excluding carboxylic acids is 4. The van der Waals surface area contributed by atoms with Crippen molar-refractivity contribution in [2.24, 2.45) is 0 Å². The fourth-order valence-corrected chi connectivity index (χ4v) is 2.68. The Labute approximate surface area is 184 Å². The number of benzene rings is 3. The van der Waals surface area contributed by atoms with E-state index in [0.29, 0.717) is 0 Å². The molecule has 9 nitrogen and oxygen atoms in total. The molecule has 0 saturated heterocycles. The maximum Gasteiger partial charge on any atom is 0.419 e. The average molecular weight is 455 g/mol. The number of hydrogen-bond donors (Lipinski definition) is 3. The summed E-state index contributed by atoms with van der Waals surface area (Å²) in [5, 5.41) is 2.17. The van der Waals surface area contributed by atoms with E-state index in [1.165, 1.54) is 24.3 Å². The predicted octanol–water partition coefficient (Wildman–Crippen LogP) is 3.52. The summed E-state index contributed by atoms with van der Waals surface area (Å²) in [6.07, 6.45) is -1.28. The lowest BCUT2D eigenvalue weighted by Gasteiger charge is -2.11. The van der Waals surface area contributed by atoms with Gasteiger partial charge in [-0.1, -0.05) is 12.1 Å². The molecule has 168 valence electrons. The van der Waals surface area contributed by atoms with Crippen molar-refractivity contribution in [1.29, 1.82) is 0 Å². The summed E-state index contributed by atoms with van der Waals surface area (Å²) >= 11 is 0. The molecule has 0 aliphatic heterocycles. The lowest BCUT2D eigenvalue weighted by Crippen LogP contribution is -2.21. The van der Waals surface area contributed by atoms with Gasteiger partial charge in [-0.15, -0.1) is 0 Å². The van der Waals surface area contributed by atoms with Crippen LogP contribution >= 0.6 is 0 Å². The summed E-state index contributed by atoms with van der Waals surface area (Å²) in [6.45, 7) is 0. The molecule has 0 heterocycles. The number of rotatable bonds is 4. The number of anilines is 3. The van der Waals surface area contributed by atoms with Gasteiger partial charge < -0.3 is 20.9 Å². The van der Waals surface area contributed by atoms with Gasteiger partial charge in [0.1, 0.15) is 11.6 Å². The first kappa shape index (κ1) is 22.9. The zero-order valence-electron chi connectivity index (χ0n) is 16.6. The van der Waals surface area contributed by atoms with Crippen molar-refractivity contribution in [2.45, 2.75) is 0 Å². The Morgan fingerprint density at radius 2 is 1.15 bits per heavy atom. The van der Waals surface area contributed by atoms with Gasteiger partial charge in [-0.3, -0.25) is 5.32 Å². The molecular formula is C22H15F2N3O6. The predicted molar refractivity (Wildman–Crippen MR) is 112 cm³/mol. The first-order valence-electron chi connectivity index (χ1n) is 9.14. The Bertz CT molecular complexity index is 1280. The molecular weight excluding hydrogens is 440 g/mol. The number of ether oxygens (including phenoxy) is 2. The van der Waals surface area contributed by atoms with Gasteiger partial charge in [0.15, 0.2) is 0 Å². The smallest absolute Gasteiger partial charge is 0.398 e. The normalized spacial score (nSPS) is 10.2. The van der Waals surface area contributed by atoms with Gasteiger partial charge in [0, 0.05) is 11.4 Å². The van der Waals surface area contributed by atoms with Crippen LogP contribution in [0.15, 0.2) is 60.7 Å². The van der Waals surface area contributed by atoms with Gasteiger partial charge in [0.2, 0.25) is 0 Å². The van der Waals surface area contributed by atoms with Gasteiger partial charge in [0.25, 0.3) is 0 Å². The van der Waals surface area contributed by atoms with E-state index in [9.17, 15) is 28.0 Å². The number of hydrogen-bond acceptors (Lipinski definition) is 8. The van der Waals surface area contributed by atoms with Crippen molar-refractivity contribution in [3.8, 4) is 0 Å². The van der Waals surface area contributed by atoms with Crippen molar-refractivity contribution in [3.05, 3.63) is 89.0 Å². The first-order valence-corrected chi connectivity index (χ1v) is 9.14. The van der Waals surface area contributed by atoms with Crippen LogP contribution in [-0.4, -0.2) is 24.0 Å². The van der Waals surface area contributed by atoms with Crippen LogP contribution in [0.5, 0.6) is 0 Å². The topological polar surface area (TPSA) is 151 Å². The summed E-state index contributed by atoms with van der Waals surface area (Å²) in [4.78, 5) is 48.9. The molecule has 33 heavy (non-hydrogen) atoms. The highest BCUT2D eigenvalue weighted by atomic mass is 19.1. The molecule has 0 aromatic heterocycles. The minimum absolute atomic E-state index is 0.146. The van der Waals surface area contributed by atoms with Crippen molar-refractivity contribution in [1.82, 2.24) is 0 Å². The number of amides is 1. The molecule has 0 atom stereocenters. The van der Waals surface area contributed by atoms with Gasteiger partial charge in [-0.25, -0.2) is 28.0 Å². The SMILES string of the molecule is Nc1cc(F)ccc1C(=O)OC(=O)Nc1ccccc1C(=O)OC(=O)c1ccc(F)cc1N. The summed E-state index contributed by atoms with van der Waals surface area (Å²) in [5.74, 6) is -4.82. The number of esters is 3. The molecule has 0 unspecified atom stereocenters. The molecule has 0 aliphatic rings. The van der Waals surface area contributed by atoms with Crippen molar-refractivity contribution in [3.63, 3.8) is 0 Å². The highest BCUT2D eigenvalue weighted by Crippen LogP contribution is 2.20. The van der Waals surface area contributed by atoms with E-state index in [4.69, 9.17) is 16.2 Å². The zero-order valence-corrected chi connectivity index (χ0v) is 16.6. The van der Waals surface area contributed by atoms with E-state index in [1.54, 1.807) is 0 Å². The van der Waals surface area contributed by atoms with Crippen molar-refractivity contribution < 1.29 is 37.4 Å². The monoisotopic (exact) mass is 455 g/mol. The third kappa shape index (κ3) is 5.47. The van der Waals surface area contributed by atoms with E-state index < -0.39 is 35.6 Å². The number of halogens is 2. The fraction of sp³-hybridized carbons (Fsp3) is 0. The second kappa shape index (κ2) is 9.56. The molecule has 0 spiro atoms. The van der Waals surface area contributed by atoms with Crippen LogP contribution in [0.25, 0.3) is 0 Å². The van der Waals surface area contributed by atoms with E-state index in [1.807, 2.05) is 0 Å². The lowest BCUT2D eigenvalue weighted by molar-refractivity contribution is 0.0399. The molecule has 3 rings (SSSR count). The van der Waals surface area contributed by atoms with Crippen LogP contribution in [0.2, 0.25) is 0 Å². The lowest BCUT2D eigenvalue weighted by atomic mass is 10.1. The van der Waals surface area contributed by atoms with Crippen LogP contribution in [-0.2, 0) is 9.47 Å². The van der Waals surface area contributed by atoms with Gasteiger partial charge in [-0.2, -0.15) is 0 Å². The average Bonchev–Trinajstić information content (AvgIpc) is 2.73. The Kier molecular flexibility index (Phi) is 6.63. The molecule has 1 amide bonds. The summed E-state index contributed by atoms with van der Waals surface area (Å²) < 4.78 is 35.6. The summed E-state index contributed by atoms with van der Waals surface area (Å²) in [5.41, 5.74) is 9.73. The Hall–Kier alpha value is -4.80. The zero-order chi connectivity index (χ0) is 24.1. The fourth-order valence-electron chi connectivity index (χ4n) is 2.68. The molecule has 0 bridgehead atoms. The van der Waals surface area contributed by atoms with E-state index in [0.717, 1.165) is 36.4 Å². The Morgan fingerprint density at radius 3 is 1.70 bits per heavy atom. The standard InChI is InChI=1S/C22H15F2N3O6/c23-11-5-7-13(16(25)9-11)19(28)32-21(30)15-3-1-2-4-18(15)27-22(31)33-20(29)14-8-6-12(24)10-17(14)26/h1-10H,25-26H2,(H,27,31). The van der Waals surface area contributed by atoms with Gasteiger partial charge >= 0.3 is 24.0 Å². The van der Waals surface area contributed by atoms with Crippen LogP contribution in [0.4, 0.5) is 30.6 Å². The summed E-state index contributed by atoms with van der Waals surface area (Å²) in [6, 6.07) is 11.2. The Balaban J connectivity index is 1.71. The maximum atomic E-state index is 13.2. The van der Waals surface area contributed by atoms with Gasteiger partial charge in [-0.05, 0) is 48.5 Å². The van der Waals surface area contributed by atoms with Crippen molar-refractivity contribution >= 4 is 41.1 Å². The van der Waals surface area contributed by atoms with E-state index in [-0.39, 0.29) is 33.8 Å². The Morgan fingerprint density at radius 1 is 0.667 bits per heavy atom. The summed E-state index contributed by atoms with van der Waals surface area (Å²) in [7, 11) is 0. The highest BCUT2D eigenvalue weighted by Gasteiger charge is 2.22. The van der Waals surface area contributed by atoms with Gasteiger partial charge in [0.05, 0.1) is 22.4 Å². The molecule has 0 aliphatic carbocycles. The second-order valence-electron chi connectivity index (χ2n) is 6.49. The molecule has 0 saturated carbocycles. The second-order valence-corrected chi connectivity index (χ2v) is 6.49. The number of nitrogens with two attached hydrogens (primary N) is 2. The van der Waals surface area contributed by atoms with Crippen LogP contribution in [0.3, 0.4) is 0 Å². The number of carbonyl (C=O) groups is 4. The molecule has 0 radical (unpaired) electrons. The third-order valence-corrected chi connectivity index (χ3v) is 4.22. The van der Waals surface area contributed by atoms with E-state index >= 15 is 0 Å². The van der Waals surface area contributed by atoms with Crippen molar-refractivity contribution in [2.75, 3.05) is 16.8 Å². The number of nitrogens with one attached hydrogen (secondary N) is 1. The number of nitrogen functional groups attached to an aromatic ring is 2. The first-order chi connectivity index (χ1) is 15.7. The minimum atomic E-state index is -1.28. The largest absolute Gasteiger partial charge is 0.419 e. The molecule has 3 aromatic carbocycles. The molecule has 3 aromatic rings. The number of para-hydroxylation sites is 1. The molecule has 5 N–H and O–H groups in total. The molecule has 11 heteroatoms. The minimum Gasteiger partial charge on any atom is -0.398 e. The quantitative estimate of drug-likeness (QED) is 0.307.